The molecule has 46 heavy (non-hydrogen) atoms. The van der Waals surface area contributed by atoms with Gasteiger partial charge in [-0.3, -0.25) is 19.4 Å². The van der Waals surface area contributed by atoms with Gasteiger partial charge in [-0.15, -0.1) is 0 Å². The van der Waals surface area contributed by atoms with Gasteiger partial charge in [0.05, 0.1) is 29.4 Å². The van der Waals surface area contributed by atoms with Gasteiger partial charge in [0.25, 0.3) is 0 Å². The van der Waals surface area contributed by atoms with E-state index in [9.17, 15) is 19.5 Å². The number of ketones is 2. The molecule has 0 radical (unpaired) electrons. The van der Waals surface area contributed by atoms with Gasteiger partial charge in [-0.25, -0.2) is 4.98 Å². The van der Waals surface area contributed by atoms with Crippen molar-refractivity contribution in [1.29, 1.82) is 0 Å². The fourth-order valence-corrected chi connectivity index (χ4v) is 5.20. The zero-order valence-electron chi connectivity index (χ0n) is 26.8. The summed E-state index contributed by atoms with van der Waals surface area (Å²) in [6.45, 7) is 8.82. The lowest BCUT2D eigenvalue weighted by atomic mass is 9.79. The van der Waals surface area contributed by atoms with Crippen molar-refractivity contribution in [3.63, 3.8) is 0 Å². The molecule has 4 aromatic heterocycles. The quantitative estimate of drug-likeness (QED) is 0.156. The second-order valence-corrected chi connectivity index (χ2v) is 12.9. The number of Topliss-reactive ketones (excluding diaryl/α,β-unsaturated/α-hetero) is 1. The second kappa shape index (κ2) is 12.6. The molecule has 0 aliphatic heterocycles. The molecule has 0 fully saturated rings. The van der Waals surface area contributed by atoms with E-state index in [0.717, 1.165) is 16.8 Å². The Labute approximate surface area is 267 Å². The lowest BCUT2D eigenvalue weighted by Gasteiger charge is -2.22. The predicted octanol–water partition coefficient (Wildman–Crippen LogP) is 7.10. The molecular weight excluding hydrogens is 582 g/mol. The van der Waals surface area contributed by atoms with Crippen LogP contribution in [0.25, 0.3) is 16.6 Å². The Hall–Kier alpha value is -5.31. The Morgan fingerprint density at radius 2 is 1.61 bits per heavy atom. The maximum Gasteiger partial charge on any atom is 0.309 e. The number of rotatable bonds is 11. The van der Waals surface area contributed by atoms with Crippen molar-refractivity contribution in [3.8, 4) is 22.8 Å². The Bertz CT molecular complexity index is 1900. The highest BCUT2D eigenvalue weighted by molar-refractivity contribution is 6.15. The molecule has 0 atom stereocenters. The number of ether oxygens (including phenoxy) is 2. The van der Waals surface area contributed by atoms with E-state index in [1.54, 1.807) is 95.1 Å². The number of carboxylic acids is 1. The average molecular weight is 620 g/mol. The summed E-state index contributed by atoms with van der Waals surface area (Å²) in [4.78, 5) is 49.4. The molecule has 0 spiro atoms. The molecule has 0 amide bonds. The van der Waals surface area contributed by atoms with Crippen molar-refractivity contribution in [2.75, 3.05) is 7.11 Å². The minimum absolute atomic E-state index is 0.0397. The van der Waals surface area contributed by atoms with Crippen molar-refractivity contribution < 1.29 is 29.0 Å². The fraction of sp³-hybridized carbons (Fsp3) is 0.270. The molecule has 9 nitrogen and oxygen atoms in total. The van der Waals surface area contributed by atoms with Gasteiger partial charge < -0.3 is 19.0 Å². The molecule has 0 unspecified atom stereocenters. The van der Waals surface area contributed by atoms with Crippen LogP contribution in [-0.4, -0.2) is 44.1 Å². The van der Waals surface area contributed by atoms with E-state index >= 15 is 0 Å². The van der Waals surface area contributed by atoms with Crippen LogP contribution >= 0.6 is 0 Å². The van der Waals surface area contributed by atoms with Crippen molar-refractivity contribution in [2.24, 2.45) is 10.8 Å². The van der Waals surface area contributed by atoms with Crippen LogP contribution in [0.15, 0.2) is 85.3 Å². The average Bonchev–Trinajstić information content (AvgIpc) is 3.35. The van der Waals surface area contributed by atoms with Gasteiger partial charge in [0.1, 0.15) is 12.4 Å². The highest BCUT2D eigenvalue weighted by Gasteiger charge is 2.37. The van der Waals surface area contributed by atoms with Crippen molar-refractivity contribution in [2.45, 2.75) is 47.6 Å². The molecule has 1 aromatic carbocycles. The summed E-state index contributed by atoms with van der Waals surface area (Å²) in [6.07, 6.45) is 5.04. The standard InChI is InChI=1S/C37H37N3O6/c1-36(2,3)34(42)31-28(20-37(4,5)35(43)44)32(40-18-16-27(19-29(31)40)46-22-26-9-7-8-17-38-26)33(41)24-12-10-23(11-13-24)25-14-15-30(45-6)39-21-25/h7-19,21H,20,22H2,1-6H3,(H,43,44). The number of aromatic nitrogens is 3. The maximum absolute atomic E-state index is 14.4. The van der Waals surface area contributed by atoms with E-state index in [1.165, 1.54) is 0 Å². The maximum atomic E-state index is 14.4. The Balaban J connectivity index is 1.66. The molecule has 1 N–H and O–H groups in total. The zero-order chi connectivity index (χ0) is 33.2. The van der Waals surface area contributed by atoms with Gasteiger partial charge in [-0.1, -0.05) is 51.1 Å². The molecule has 5 rings (SSSR count). The molecule has 236 valence electrons. The first kappa shape index (κ1) is 32.1. The van der Waals surface area contributed by atoms with Crippen LogP contribution in [0, 0.1) is 10.8 Å². The normalized spacial score (nSPS) is 11.8. The molecule has 0 aliphatic rings. The molecular formula is C37H37N3O6. The van der Waals surface area contributed by atoms with Crippen LogP contribution < -0.4 is 9.47 Å². The lowest BCUT2D eigenvalue weighted by Crippen LogP contribution is -2.29. The third kappa shape index (κ3) is 6.54. The number of carbonyl (C=O) groups excluding carboxylic acids is 2. The van der Waals surface area contributed by atoms with Crippen LogP contribution in [0.1, 0.15) is 72.3 Å². The third-order valence-electron chi connectivity index (χ3n) is 7.87. The number of carbonyl (C=O) groups is 3. The SMILES string of the molecule is COc1ccc(-c2ccc(C(=O)c3c(CC(C)(C)C(=O)O)c(C(=O)C(C)(C)C)c4cc(OCc5ccccn5)ccn34)cc2)cn1. The first-order valence-electron chi connectivity index (χ1n) is 14.9. The first-order chi connectivity index (χ1) is 21.8. The minimum Gasteiger partial charge on any atom is -0.487 e. The van der Waals surface area contributed by atoms with Gasteiger partial charge in [-0.2, -0.15) is 0 Å². The molecule has 4 heterocycles. The molecule has 0 bridgehead atoms. The number of aliphatic carboxylic acids is 1. The summed E-state index contributed by atoms with van der Waals surface area (Å²) >= 11 is 0. The van der Waals surface area contributed by atoms with Crippen LogP contribution in [0.5, 0.6) is 11.6 Å². The number of nitrogens with zero attached hydrogens (tertiary/aromatic N) is 3. The third-order valence-corrected chi connectivity index (χ3v) is 7.87. The zero-order valence-corrected chi connectivity index (χ0v) is 26.8. The van der Waals surface area contributed by atoms with Crippen molar-refractivity contribution >= 4 is 23.1 Å². The minimum atomic E-state index is -1.27. The van der Waals surface area contributed by atoms with E-state index in [4.69, 9.17) is 9.47 Å². The summed E-state index contributed by atoms with van der Waals surface area (Å²) in [5.41, 5.74) is 2.18. The van der Waals surface area contributed by atoms with E-state index in [1.807, 2.05) is 36.4 Å². The van der Waals surface area contributed by atoms with E-state index in [0.29, 0.717) is 33.8 Å². The number of carboxylic acid groups (broad SMARTS) is 1. The van der Waals surface area contributed by atoms with E-state index < -0.39 is 16.8 Å². The predicted molar refractivity (Wildman–Crippen MR) is 175 cm³/mol. The van der Waals surface area contributed by atoms with Gasteiger partial charge >= 0.3 is 5.97 Å². The number of pyridine rings is 3. The van der Waals surface area contributed by atoms with Crippen molar-refractivity contribution in [1.82, 2.24) is 14.4 Å². The smallest absolute Gasteiger partial charge is 0.309 e. The van der Waals surface area contributed by atoms with Crippen molar-refractivity contribution in [3.05, 3.63) is 113 Å². The number of benzene rings is 1. The lowest BCUT2D eigenvalue weighted by molar-refractivity contribution is -0.146. The fourth-order valence-electron chi connectivity index (χ4n) is 5.20. The molecule has 0 aliphatic carbocycles. The largest absolute Gasteiger partial charge is 0.487 e. The first-order valence-corrected chi connectivity index (χ1v) is 14.9. The van der Waals surface area contributed by atoms with E-state index in [-0.39, 0.29) is 30.3 Å². The highest BCUT2D eigenvalue weighted by atomic mass is 16.5. The monoisotopic (exact) mass is 619 g/mol. The molecule has 0 saturated carbocycles. The summed E-state index contributed by atoms with van der Waals surface area (Å²) < 4.78 is 12.9. The van der Waals surface area contributed by atoms with Crippen LogP contribution in [0.2, 0.25) is 0 Å². The second-order valence-electron chi connectivity index (χ2n) is 12.9. The van der Waals surface area contributed by atoms with Gasteiger partial charge in [0, 0.05) is 52.8 Å². The molecule has 9 heteroatoms. The molecule has 5 aromatic rings. The Morgan fingerprint density at radius 3 is 2.20 bits per heavy atom. The summed E-state index contributed by atoms with van der Waals surface area (Å²) in [5.74, 6) is -0.588. The number of fused-ring (bicyclic) bond motifs is 1. The van der Waals surface area contributed by atoms with Gasteiger partial charge in [-0.05, 0) is 55.7 Å². The number of methoxy groups -OCH3 is 1. The Kier molecular flexibility index (Phi) is 8.79. The van der Waals surface area contributed by atoms with Crippen LogP contribution in [-0.2, 0) is 17.8 Å². The highest BCUT2D eigenvalue weighted by Crippen LogP contribution is 2.37. The summed E-state index contributed by atoms with van der Waals surface area (Å²) in [5, 5.41) is 10.1. The number of hydrogen-bond acceptors (Lipinski definition) is 7. The topological polar surface area (TPSA) is 120 Å². The number of hydrogen-bond donors (Lipinski definition) is 1. The van der Waals surface area contributed by atoms with Crippen LogP contribution in [0.4, 0.5) is 0 Å². The summed E-state index contributed by atoms with van der Waals surface area (Å²) in [7, 11) is 1.55. The van der Waals surface area contributed by atoms with E-state index in [2.05, 4.69) is 9.97 Å². The van der Waals surface area contributed by atoms with Crippen LogP contribution in [0.3, 0.4) is 0 Å². The van der Waals surface area contributed by atoms with Gasteiger partial charge in [0.15, 0.2) is 5.78 Å². The van der Waals surface area contributed by atoms with Gasteiger partial charge in [0.2, 0.25) is 11.7 Å². The summed E-state index contributed by atoms with van der Waals surface area (Å²) in [6, 6.07) is 19.8. The molecule has 0 saturated heterocycles. The Morgan fingerprint density at radius 1 is 0.891 bits per heavy atom.